The largest absolute Gasteiger partial charge is 0.508 e. The van der Waals surface area contributed by atoms with Gasteiger partial charge < -0.3 is 10.8 Å². The van der Waals surface area contributed by atoms with E-state index in [1.165, 1.54) is 0 Å². The molecule has 0 spiro atoms. The number of nitrogens with zero attached hydrogens (tertiary/aromatic N) is 2. The molecule has 20 heavy (non-hydrogen) atoms. The molecule has 3 rings (SSSR count). The molecule has 0 saturated heterocycles. The van der Waals surface area contributed by atoms with Crippen LogP contribution in [-0.4, -0.2) is 20.9 Å². The second-order valence-corrected chi connectivity index (χ2v) is 5.08. The molecule has 5 nitrogen and oxygen atoms in total. The van der Waals surface area contributed by atoms with Gasteiger partial charge in [-0.15, -0.1) is 0 Å². The minimum absolute atomic E-state index is 0.0111. The van der Waals surface area contributed by atoms with Crippen LogP contribution in [0.25, 0.3) is 0 Å². The van der Waals surface area contributed by atoms with E-state index in [1.54, 1.807) is 19.1 Å². The molecule has 1 atom stereocenters. The summed E-state index contributed by atoms with van der Waals surface area (Å²) >= 11 is 0. The molecular formula is C15H15N3O2. The van der Waals surface area contributed by atoms with Crippen molar-refractivity contribution in [3.8, 4) is 5.75 Å². The average molecular weight is 269 g/mol. The average Bonchev–Trinajstić information content (AvgIpc) is 2.37. The summed E-state index contributed by atoms with van der Waals surface area (Å²) in [4.78, 5) is 20.6. The van der Waals surface area contributed by atoms with Gasteiger partial charge in [-0.3, -0.25) is 4.79 Å². The smallest absolute Gasteiger partial charge is 0.220 e. The number of rotatable bonds is 1. The molecule has 5 heteroatoms. The van der Waals surface area contributed by atoms with Gasteiger partial charge in [0.25, 0.3) is 0 Å². The van der Waals surface area contributed by atoms with Crippen LogP contribution in [-0.2, 0) is 6.42 Å². The third-order valence-corrected chi connectivity index (χ3v) is 3.71. The number of anilines is 1. The number of phenolic OH excluding ortho intramolecular Hbond substituents is 1. The number of hydrogen-bond acceptors (Lipinski definition) is 5. The highest BCUT2D eigenvalue weighted by Gasteiger charge is 2.30. The number of fused-ring (bicyclic) bond motifs is 1. The van der Waals surface area contributed by atoms with Gasteiger partial charge in [-0.25, -0.2) is 9.97 Å². The highest BCUT2D eigenvalue weighted by molar-refractivity contribution is 5.99. The summed E-state index contributed by atoms with van der Waals surface area (Å²) < 4.78 is 0. The van der Waals surface area contributed by atoms with Crippen molar-refractivity contribution in [1.29, 1.82) is 0 Å². The van der Waals surface area contributed by atoms with Gasteiger partial charge in [0, 0.05) is 12.3 Å². The Morgan fingerprint density at radius 2 is 2.00 bits per heavy atom. The normalized spacial score (nSPS) is 17.9. The molecule has 2 aromatic rings. The van der Waals surface area contributed by atoms with Gasteiger partial charge in [0.05, 0.1) is 17.0 Å². The number of Topliss-reactive ketones (excluding diaryl/α,β-unsaturated/α-hetero) is 1. The Morgan fingerprint density at radius 1 is 1.25 bits per heavy atom. The zero-order chi connectivity index (χ0) is 14.3. The Labute approximate surface area is 116 Å². The maximum Gasteiger partial charge on any atom is 0.220 e. The van der Waals surface area contributed by atoms with Gasteiger partial charge in [0.2, 0.25) is 5.95 Å². The summed E-state index contributed by atoms with van der Waals surface area (Å²) in [7, 11) is 0. The molecule has 0 bridgehead atoms. The zero-order valence-electron chi connectivity index (χ0n) is 11.1. The van der Waals surface area contributed by atoms with Gasteiger partial charge in [0.15, 0.2) is 5.78 Å². The molecule has 3 N–H and O–H groups in total. The van der Waals surface area contributed by atoms with Crippen LogP contribution in [0.5, 0.6) is 5.75 Å². The number of ketones is 1. The first-order valence-corrected chi connectivity index (χ1v) is 6.50. The molecule has 1 unspecified atom stereocenters. The minimum Gasteiger partial charge on any atom is -0.508 e. The molecule has 0 saturated carbocycles. The number of hydrogen-bond donors (Lipinski definition) is 2. The van der Waals surface area contributed by atoms with Crippen molar-refractivity contribution in [3.05, 3.63) is 46.8 Å². The lowest BCUT2D eigenvalue weighted by atomic mass is 9.81. The Kier molecular flexibility index (Phi) is 2.89. The first-order chi connectivity index (χ1) is 9.56. The van der Waals surface area contributed by atoms with Crippen LogP contribution in [0.1, 0.15) is 39.6 Å². The van der Waals surface area contributed by atoms with Crippen LogP contribution >= 0.6 is 0 Å². The summed E-state index contributed by atoms with van der Waals surface area (Å²) in [5.41, 5.74) is 8.34. The van der Waals surface area contributed by atoms with Crippen molar-refractivity contribution in [2.75, 3.05) is 5.73 Å². The van der Waals surface area contributed by atoms with E-state index in [0.29, 0.717) is 29.8 Å². The SMILES string of the molecule is Cc1nc(N)nc2c1C(=O)CC(c1ccccc1O)C2. The van der Waals surface area contributed by atoms with Gasteiger partial charge >= 0.3 is 0 Å². The molecule has 0 radical (unpaired) electrons. The molecule has 1 aliphatic rings. The highest BCUT2D eigenvalue weighted by atomic mass is 16.3. The van der Waals surface area contributed by atoms with E-state index < -0.39 is 0 Å². The van der Waals surface area contributed by atoms with Gasteiger partial charge in [0.1, 0.15) is 5.75 Å². The minimum atomic E-state index is -0.0649. The molecule has 102 valence electrons. The van der Waals surface area contributed by atoms with Gasteiger partial charge in [-0.2, -0.15) is 0 Å². The molecule has 0 fully saturated rings. The molecule has 0 aliphatic heterocycles. The lowest BCUT2D eigenvalue weighted by Gasteiger charge is -2.24. The number of phenols is 1. The molecular weight excluding hydrogens is 254 g/mol. The maximum absolute atomic E-state index is 12.3. The van der Waals surface area contributed by atoms with Crippen LogP contribution in [0.3, 0.4) is 0 Å². The summed E-state index contributed by atoms with van der Waals surface area (Å²) in [6.07, 6.45) is 0.949. The summed E-state index contributed by atoms with van der Waals surface area (Å²) in [5, 5.41) is 9.94. The molecule has 1 aliphatic carbocycles. The maximum atomic E-state index is 12.3. The van der Waals surface area contributed by atoms with Gasteiger partial charge in [-0.1, -0.05) is 18.2 Å². The molecule has 1 aromatic heterocycles. The fourth-order valence-electron chi connectivity index (χ4n) is 2.85. The van der Waals surface area contributed by atoms with Crippen molar-refractivity contribution in [1.82, 2.24) is 9.97 Å². The van der Waals surface area contributed by atoms with E-state index in [4.69, 9.17) is 5.73 Å². The fourth-order valence-corrected chi connectivity index (χ4v) is 2.85. The number of para-hydroxylation sites is 1. The lowest BCUT2D eigenvalue weighted by molar-refractivity contribution is 0.0961. The summed E-state index contributed by atoms with van der Waals surface area (Å²) in [5.74, 6) is 0.349. The van der Waals surface area contributed by atoms with E-state index in [9.17, 15) is 9.90 Å². The quantitative estimate of drug-likeness (QED) is 0.826. The molecule has 0 amide bonds. The van der Waals surface area contributed by atoms with Crippen LogP contribution < -0.4 is 5.73 Å². The van der Waals surface area contributed by atoms with Crippen molar-refractivity contribution >= 4 is 11.7 Å². The second kappa shape index (κ2) is 4.59. The Morgan fingerprint density at radius 3 is 2.75 bits per heavy atom. The number of nitrogen functional groups attached to an aromatic ring is 1. The lowest BCUT2D eigenvalue weighted by Crippen LogP contribution is -2.23. The van der Waals surface area contributed by atoms with Gasteiger partial charge in [-0.05, 0) is 25.0 Å². The predicted molar refractivity (Wildman–Crippen MR) is 74.7 cm³/mol. The number of aryl methyl sites for hydroxylation is 1. The number of carbonyl (C=O) groups excluding carboxylic acids is 1. The van der Waals surface area contributed by atoms with E-state index in [1.807, 2.05) is 12.1 Å². The van der Waals surface area contributed by atoms with Crippen LogP contribution in [0.4, 0.5) is 5.95 Å². The number of carbonyl (C=O) groups is 1. The van der Waals surface area contributed by atoms with Crippen molar-refractivity contribution in [2.24, 2.45) is 0 Å². The van der Waals surface area contributed by atoms with E-state index >= 15 is 0 Å². The number of nitrogens with two attached hydrogens (primary N) is 1. The van der Waals surface area contributed by atoms with E-state index in [2.05, 4.69) is 9.97 Å². The summed E-state index contributed by atoms with van der Waals surface area (Å²) in [6.45, 7) is 1.77. The van der Waals surface area contributed by atoms with Crippen molar-refractivity contribution in [3.63, 3.8) is 0 Å². The highest BCUT2D eigenvalue weighted by Crippen LogP contribution is 2.36. The van der Waals surface area contributed by atoms with Crippen LogP contribution in [0.15, 0.2) is 24.3 Å². The monoisotopic (exact) mass is 269 g/mol. The standard InChI is InChI=1S/C15H15N3O2/c1-8-14-11(18-15(16)17-8)6-9(7-13(14)20)10-4-2-3-5-12(10)19/h2-5,9,19H,6-7H2,1H3,(H2,16,17,18). The van der Waals surface area contributed by atoms with Crippen molar-refractivity contribution in [2.45, 2.75) is 25.7 Å². The van der Waals surface area contributed by atoms with Crippen LogP contribution in [0, 0.1) is 6.92 Å². The Balaban J connectivity index is 2.05. The van der Waals surface area contributed by atoms with E-state index in [-0.39, 0.29) is 23.4 Å². The number of aromatic hydroxyl groups is 1. The molecule has 1 heterocycles. The van der Waals surface area contributed by atoms with E-state index in [0.717, 1.165) is 5.56 Å². The third kappa shape index (κ3) is 2.01. The fraction of sp³-hybridized carbons (Fsp3) is 0.267. The third-order valence-electron chi connectivity index (χ3n) is 3.71. The Hall–Kier alpha value is -2.43. The Bertz CT molecular complexity index is 698. The first-order valence-electron chi connectivity index (χ1n) is 6.50. The first kappa shape index (κ1) is 12.6. The van der Waals surface area contributed by atoms with Crippen molar-refractivity contribution < 1.29 is 9.90 Å². The number of benzene rings is 1. The molecule has 1 aromatic carbocycles. The zero-order valence-corrected chi connectivity index (χ0v) is 11.1. The second-order valence-electron chi connectivity index (χ2n) is 5.08. The summed E-state index contributed by atoms with van der Waals surface area (Å²) in [6, 6.07) is 7.10. The predicted octanol–water partition coefficient (Wildman–Crippen LogP) is 1.99. The van der Waals surface area contributed by atoms with Crippen LogP contribution in [0.2, 0.25) is 0 Å². The topological polar surface area (TPSA) is 89.1 Å². The number of aromatic nitrogens is 2.